The predicted molar refractivity (Wildman–Crippen MR) is 48.8 cm³/mol. The average Bonchev–Trinajstić information content (AvgIpc) is 1.82. The van der Waals surface area contributed by atoms with Gasteiger partial charge in [0.2, 0.25) is 0 Å². The summed E-state index contributed by atoms with van der Waals surface area (Å²) in [4.78, 5) is 0. The van der Waals surface area contributed by atoms with Crippen molar-refractivity contribution >= 4 is 0 Å². The van der Waals surface area contributed by atoms with Crippen LogP contribution in [0.3, 0.4) is 0 Å². The van der Waals surface area contributed by atoms with Gasteiger partial charge in [-0.25, -0.2) is 0 Å². The van der Waals surface area contributed by atoms with Crippen molar-refractivity contribution in [2.45, 2.75) is 45.6 Å². The fourth-order valence-corrected chi connectivity index (χ4v) is 2.54. The zero-order valence-electron chi connectivity index (χ0n) is 8.30. The van der Waals surface area contributed by atoms with Gasteiger partial charge in [0.05, 0.1) is 5.60 Å². The molecular formula is C10H20O2. The number of hydrogen-bond acceptors (Lipinski definition) is 2. The number of aliphatic hydroxyl groups excluding tert-OH is 1. The van der Waals surface area contributed by atoms with Crippen molar-refractivity contribution in [2.24, 2.45) is 11.3 Å². The average molecular weight is 172 g/mol. The Balaban J connectivity index is 2.58. The fraction of sp³-hybridized carbons (Fsp3) is 1.00. The van der Waals surface area contributed by atoms with Crippen LogP contribution in [-0.2, 0) is 0 Å². The molecule has 2 heteroatoms. The SMILES string of the molecule is CC(C)(O)[C@H]1CC[C@]1(C)CCO. The first-order valence-corrected chi connectivity index (χ1v) is 4.73. The summed E-state index contributed by atoms with van der Waals surface area (Å²) in [5, 5.41) is 18.7. The monoisotopic (exact) mass is 172 g/mol. The van der Waals surface area contributed by atoms with Crippen molar-refractivity contribution < 1.29 is 10.2 Å². The third kappa shape index (κ3) is 1.64. The molecule has 0 bridgehead atoms. The van der Waals surface area contributed by atoms with Crippen LogP contribution in [0.25, 0.3) is 0 Å². The third-order valence-corrected chi connectivity index (χ3v) is 3.38. The van der Waals surface area contributed by atoms with E-state index in [4.69, 9.17) is 5.11 Å². The van der Waals surface area contributed by atoms with E-state index >= 15 is 0 Å². The van der Waals surface area contributed by atoms with E-state index in [1.54, 1.807) is 0 Å². The lowest BCUT2D eigenvalue weighted by atomic mass is 9.54. The first-order valence-electron chi connectivity index (χ1n) is 4.73. The standard InChI is InChI=1S/C10H20O2/c1-9(2,12)8-4-5-10(8,3)6-7-11/h8,11-12H,4-7H2,1-3H3/t8-,10-/m1/s1. The molecule has 0 amide bonds. The second kappa shape index (κ2) is 3.00. The highest BCUT2D eigenvalue weighted by Gasteiger charge is 2.48. The van der Waals surface area contributed by atoms with Gasteiger partial charge in [-0.1, -0.05) is 6.92 Å². The molecule has 1 saturated carbocycles. The van der Waals surface area contributed by atoms with Gasteiger partial charge in [0.25, 0.3) is 0 Å². The lowest BCUT2D eigenvalue weighted by molar-refractivity contribution is -0.112. The summed E-state index contributed by atoms with van der Waals surface area (Å²) < 4.78 is 0. The van der Waals surface area contributed by atoms with Crippen LogP contribution < -0.4 is 0 Å². The minimum atomic E-state index is -0.581. The fourth-order valence-electron chi connectivity index (χ4n) is 2.54. The summed E-state index contributed by atoms with van der Waals surface area (Å²) in [6.45, 7) is 6.14. The molecule has 0 unspecified atom stereocenters. The van der Waals surface area contributed by atoms with Gasteiger partial charge in [-0.3, -0.25) is 0 Å². The van der Waals surface area contributed by atoms with Crippen molar-refractivity contribution in [3.05, 3.63) is 0 Å². The molecular weight excluding hydrogens is 152 g/mol. The van der Waals surface area contributed by atoms with Crippen molar-refractivity contribution in [3.63, 3.8) is 0 Å². The van der Waals surface area contributed by atoms with Gasteiger partial charge in [-0.15, -0.1) is 0 Å². The van der Waals surface area contributed by atoms with Crippen LogP contribution in [0.1, 0.15) is 40.0 Å². The molecule has 72 valence electrons. The maximum Gasteiger partial charge on any atom is 0.0625 e. The van der Waals surface area contributed by atoms with E-state index in [1.165, 1.54) is 0 Å². The molecule has 0 aromatic rings. The molecule has 1 fully saturated rings. The molecule has 0 radical (unpaired) electrons. The van der Waals surface area contributed by atoms with Crippen molar-refractivity contribution in [1.82, 2.24) is 0 Å². The van der Waals surface area contributed by atoms with Crippen LogP contribution >= 0.6 is 0 Å². The van der Waals surface area contributed by atoms with Crippen molar-refractivity contribution in [1.29, 1.82) is 0 Å². The van der Waals surface area contributed by atoms with Crippen LogP contribution in [-0.4, -0.2) is 22.4 Å². The first-order chi connectivity index (χ1) is 5.40. The second-order valence-electron chi connectivity index (χ2n) is 4.87. The van der Waals surface area contributed by atoms with Gasteiger partial charge in [0.15, 0.2) is 0 Å². The van der Waals surface area contributed by atoms with Crippen LogP contribution in [0.4, 0.5) is 0 Å². The second-order valence-corrected chi connectivity index (χ2v) is 4.87. The van der Waals surface area contributed by atoms with E-state index in [9.17, 15) is 5.11 Å². The molecule has 2 atom stereocenters. The zero-order valence-corrected chi connectivity index (χ0v) is 8.30. The smallest absolute Gasteiger partial charge is 0.0625 e. The maximum atomic E-state index is 9.82. The highest BCUT2D eigenvalue weighted by Crippen LogP contribution is 2.53. The van der Waals surface area contributed by atoms with Gasteiger partial charge >= 0.3 is 0 Å². The normalized spacial score (nSPS) is 36.2. The molecule has 0 aromatic carbocycles. The molecule has 0 aromatic heterocycles. The van der Waals surface area contributed by atoms with E-state index in [0.29, 0.717) is 5.92 Å². The molecule has 12 heavy (non-hydrogen) atoms. The van der Waals surface area contributed by atoms with Crippen LogP contribution in [0.15, 0.2) is 0 Å². The van der Waals surface area contributed by atoms with Gasteiger partial charge in [0.1, 0.15) is 0 Å². The molecule has 2 N–H and O–H groups in total. The van der Waals surface area contributed by atoms with E-state index < -0.39 is 5.60 Å². The Morgan fingerprint density at radius 3 is 2.33 bits per heavy atom. The Morgan fingerprint density at radius 1 is 1.50 bits per heavy atom. The van der Waals surface area contributed by atoms with Gasteiger partial charge in [-0.05, 0) is 44.4 Å². The Bertz CT molecular complexity index is 160. The summed E-state index contributed by atoms with van der Waals surface area (Å²) in [5.41, 5.74) is -0.408. The molecule has 1 rings (SSSR count). The predicted octanol–water partition coefficient (Wildman–Crippen LogP) is 1.56. The van der Waals surface area contributed by atoms with Crippen molar-refractivity contribution in [2.75, 3.05) is 6.61 Å². The number of hydrogen-bond donors (Lipinski definition) is 2. The Hall–Kier alpha value is -0.0800. The van der Waals surface area contributed by atoms with E-state index in [-0.39, 0.29) is 12.0 Å². The molecule has 0 heterocycles. The minimum Gasteiger partial charge on any atom is -0.396 e. The molecule has 1 aliphatic rings. The van der Waals surface area contributed by atoms with Crippen LogP contribution in [0, 0.1) is 11.3 Å². The van der Waals surface area contributed by atoms with Gasteiger partial charge in [0, 0.05) is 6.61 Å². The lowest BCUT2D eigenvalue weighted by Gasteiger charge is -2.52. The molecule has 0 spiro atoms. The summed E-state index contributed by atoms with van der Waals surface area (Å²) in [5.74, 6) is 0.358. The quantitative estimate of drug-likeness (QED) is 0.678. The molecule has 0 aliphatic heterocycles. The summed E-state index contributed by atoms with van der Waals surface area (Å²) in [6, 6.07) is 0. The van der Waals surface area contributed by atoms with Crippen LogP contribution in [0.5, 0.6) is 0 Å². The van der Waals surface area contributed by atoms with Crippen LogP contribution in [0.2, 0.25) is 0 Å². The van der Waals surface area contributed by atoms with E-state index in [0.717, 1.165) is 19.3 Å². The minimum absolute atomic E-state index is 0.174. The Morgan fingerprint density at radius 2 is 2.08 bits per heavy atom. The first kappa shape index (κ1) is 10.0. The number of rotatable bonds is 3. The van der Waals surface area contributed by atoms with E-state index in [1.807, 2.05) is 13.8 Å². The molecule has 0 saturated heterocycles. The largest absolute Gasteiger partial charge is 0.396 e. The highest BCUT2D eigenvalue weighted by atomic mass is 16.3. The Labute approximate surface area is 74.6 Å². The number of aliphatic hydroxyl groups is 2. The summed E-state index contributed by atoms with van der Waals surface area (Å²) in [7, 11) is 0. The van der Waals surface area contributed by atoms with Crippen molar-refractivity contribution in [3.8, 4) is 0 Å². The molecule has 1 aliphatic carbocycles. The Kier molecular flexibility index (Phi) is 2.50. The third-order valence-electron chi connectivity index (χ3n) is 3.38. The summed E-state index contributed by atoms with van der Waals surface area (Å²) >= 11 is 0. The zero-order chi connectivity index (χ0) is 9.41. The maximum absolute atomic E-state index is 9.82. The van der Waals surface area contributed by atoms with Gasteiger partial charge in [-0.2, -0.15) is 0 Å². The van der Waals surface area contributed by atoms with E-state index in [2.05, 4.69) is 6.92 Å². The lowest BCUT2D eigenvalue weighted by Crippen LogP contribution is -2.50. The highest BCUT2D eigenvalue weighted by molar-refractivity contribution is 4.99. The molecule has 2 nitrogen and oxygen atoms in total. The topological polar surface area (TPSA) is 40.5 Å². The summed E-state index contributed by atoms with van der Waals surface area (Å²) in [6.07, 6.45) is 3.06. The van der Waals surface area contributed by atoms with Gasteiger partial charge < -0.3 is 10.2 Å².